The lowest BCUT2D eigenvalue weighted by atomic mass is 10.2. The van der Waals surface area contributed by atoms with Gasteiger partial charge in [-0.05, 0) is 17.7 Å². The summed E-state index contributed by atoms with van der Waals surface area (Å²) < 4.78 is 48.1. The lowest BCUT2D eigenvalue weighted by Gasteiger charge is -2.10. The average molecular weight is 347 g/mol. The second kappa shape index (κ2) is 8.21. The zero-order chi connectivity index (χ0) is 16.7. The summed E-state index contributed by atoms with van der Waals surface area (Å²) in [6, 6.07) is 6.58. The molecule has 0 aliphatic heterocycles. The van der Waals surface area contributed by atoms with Gasteiger partial charge in [0.15, 0.2) is 11.8 Å². The van der Waals surface area contributed by atoms with Crippen LogP contribution in [0.15, 0.2) is 35.7 Å². The Morgan fingerprint density at radius 1 is 1.30 bits per heavy atom. The summed E-state index contributed by atoms with van der Waals surface area (Å²) in [5.74, 6) is 0.746. The molecule has 1 heterocycles. The minimum absolute atomic E-state index is 0.196. The number of methoxy groups -OCH3 is 1. The van der Waals surface area contributed by atoms with E-state index in [2.05, 4.69) is 10.2 Å². The van der Waals surface area contributed by atoms with Gasteiger partial charge in [0.25, 0.3) is 0 Å². The van der Waals surface area contributed by atoms with Gasteiger partial charge in [0, 0.05) is 19.4 Å². The van der Waals surface area contributed by atoms with Gasteiger partial charge < -0.3 is 14.0 Å². The third kappa shape index (κ3) is 6.11. The van der Waals surface area contributed by atoms with Crippen LogP contribution in [-0.2, 0) is 17.0 Å². The van der Waals surface area contributed by atoms with Gasteiger partial charge in [-0.3, -0.25) is 0 Å². The first-order valence-electron chi connectivity index (χ1n) is 6.76. The number of hydrogen-bond acceptors (Lipinski definition) is 5. The third-order valence-corrected chi connectivity index (χ3v) is 3.84. The lowest BCUT2D eigenvalue weighted by molar-refractivity contribution is -0.153. The molecular weight excluding hydrogens is 331 g/mol. The van der Waals surface area contributed by atoms with E-state index in [1.807, 2.05) is 10.6 Å². The standard InChI is InChI=1S/C14H16F3N3O2S/c1-21-6-5-20-10-18-19-13(20)23-8-11-3-2-4-12(7-11)22-9-14(15,16)17/h2-4,7,10H,5-6,8-9H2,1H3. The smallest absolute Gasteiger partial charge is 0.422 e. The van der Waals surface area contributed by atoms with Crippen LogP contribution in [0.2, 0.25) is 0 Å². The Morgan fingerprint density at radius 3 is 2.87 bits per heavy atom. The molecule has 0 saturated carbocycles. The molecule has 0 unspecified atom stereocenters. The van der Waals surface area contributed by atoms with Crippen molar-refractivity contribution in [3.63, 3.8) is 0 Å². The van der Waals surface area contributed by atoms with Gasteiger partial charge in [-0.2, -0.15) is 13.2 Å². The fraction of sp³-hybridized carbons (Fsp3) is 0.429. The molecule has 9 heteroatoms. The molecule has 0 fully saturated rings. The summed E-state index contributed by atoms with van der Waals surface area (Å²) in [6.07, 6.45) is -2.73. The topological polar surface area (TPSA) is 49.2 Å². The van der Waals surface area contributed by atoms with Crippen LogP contribution in [0.5, 0.6) is 5.75 Å². The largest absolute Gasteiger partial charge is 0.484 e. The highest BCUT2D eigenvalue weighted by atomic mass is 32.2. The normalized spacial score (nSPS) is 11.7. The van der Waals surface area contributed by atoms with Gasteiger partial charge in [0.1, 0.15) is 12.1 Å². The molecule has 0 atom stereocenters. The van der Waals surface area contributed by atoms with Crippen LogP contribution in [0.4, 0.5) is 13.2 Å². The number of benzene rings is 1. The van der Waals surface area contributed by atoms with Crippen LogP contribution in [0.1, 0.15) is 5.56 Å². The zero-order valence-corrected chi connectivity index (χ0v) is 13.2. The minimum atomic E-state index is -4.34. The first-order chi connectivity index (χ1) is 11.0. The summed E-state index contributed by atoms with van der Waals surface area (Å²) in [6.45, 7) is -0.109. The van der Waals surface area contributed by atoms with E-state index in [0.29, 0.717) is 18.9 Å². The molecule has 0 aliphatic rings. The Bertz CT molecular complexity index is 619. The van der Waals surface area contributed by atoms with E-state index >= 15 is 0 Å². The molecule has 5 nitrogen and oxygen atoms in total. The molecule has 0 spiro atoms. The first kappa shape index (κ1) is 17.6. The van der Waals surface area contributed by atoms with Gasteiger partial charge >= 0.3 is 6.18 Å². The molecule has 1 aromatic heterocycles. The van der Waals surface area contributed by atoms with Crippen LogP contribution >= 0.6 is 11.8 Å². The minimum Gasteiger partial charge on any atom is -0.484 e. The van der Waals surface area contributed by atoms with Crippen molar-refractivity contribution in [1.29, 1.82) is 0 Å². The molecule has 0 aliphatic carbocycles. The van der Waals surface area contributed by atoms with E-state index in [1.165, 1.54) is 17.8 Å². The molecule has 0 N–H and O–H groups in total. The number of halogens is 3. The highest BCUT2D eigenvalue weighted by molar-refractivity contribution is 7.98. The Kier molecular flexibility index (Phi) is 6.28. The number of thioether (sulfide) groups is 1. The quantitative estimate of drug-likeness (QED) is 0.687. The number of alkyl halides is 3. The Balaban J connectivity index is 1.92. The second-order valence-electron chi connectivity index (χ2n) is 4.64. The SMILES string of the molecule is COCCn1cnnc1SCc1cccc(OCC(F)(F)F)c1. The number of ether oxygens (including phenoxy) is 2. The van der Waals surface area contributed by atoms with Crippen molar-refractivity contribution in [1.82, 2.24) is 14.8 Å². The number of nitrogens with zero attached hydrogens (tertiary/aromatic N) is 3. The fourth-order valence-corrected chi connectivity index (χ4v) is 2.62. The Hall–Kier alpha value is -1.74. The highest BCUT2D eigenvalue weighted by Gasteiger charge is 2.28. The Labute approximate surface area is 135 Å². The molecular formula is C14H16F3N3O2S. The predicted octanol–water partition coefficient (Wildman–Crippen LogP) is 3.16. The van der Waals surface area contributed by atoms with E-state index < -0.39 is 12.8 Å². The maximum atomic E-state index is 12.2. The average Bonchev–Trinajstić information content (AvgIpc) is 2.96. The monoisotopic (exact) mass is 347 g/mol. The summed E-state index contributed by atoms with van der Waals surface area (Å²) in [5, 5.41) is 8.59. The van der Waals surface area contributed by atoms with Gasteiger partial charge in [0.05, 0.1) is 6.61 Å². The van der Waals surface area contributed by atoms with Crippen molar-refractivity contribution < 1.29 is 22.6 Å². The number of rotatable bonds is 8. The van der Waals surface area contributed by atoms with E-state index in [9.17, 15) is 13.2 Å². The van der Waals surface area contributed by atoms with Crippen molar-refractivity contribution in [3.05, 3.63) is 36.2 Å². The van der Waals surface area contributed by atoms with Crippen molar-refractivity contribution >= 4 is 11.8 Å². The second-order valence-corrected chi connectivity index (χ2v) is 5.58. The first-order valence-corrected chi connectivity index (χ1v) is 7.74. The van der Waals surface area contributed by atoms with Crippen molar-refractivity contribution in [2.24, 2.45) is 0 Å². The molecule has 0 bridgehead atoms. The van der Waals surface area contributed by atoms with Gasteiger partial charge in [-0.25, -0.2) is 0 Å². The van der Waals surface area contributed by atoms with Crippen LogP contribution in [0.25, 0.3) is 0 Å². The zero-order valence-electron chi connectivity index (χ0n) is 12.4. The van der Waals surface area contributed by atoms with E-state index in [-0.39, 0.29) is 5.75 Å². The maximum Gasteiger partial charge on any atom is 0.422 e. The molecule has 2 rings (SSSR count). The van der Waals surface area contributed by atoms with Crippen LogP contribution < -0.4 is 4.74 Å². The number of aromatic nitrogens is 3. The van der Waals surface area contributed by atoms with Crippen LogP contribution in [-0.4, -0.2) is 41.3 Å². The van der Waals surface area contributed by atoms with Gasteiger partial charge in [0.2, 0.25) is 0 Å². The number of hydrogen-bond donors (Lipinski definition) is 0. The van der Waals surface area contributed by atoms with Crippen molar-refractivity contribution in [2.75, 3.05) is 20.3 Å². The molecule has 126 valence electrons. The van der Waals surface area contributed by atoms with Crippen molar-refractivity contribution in [2.45, 2.75) is 23.6 Å². The molecule has 0 radical (unpaired) electrons. The van der Waals surface area contributed by atoms with Crippen LogP contribution in [0.3, 0.4) is 0 Å². The molecule has 0 amide bonds. The molecule has 23 heavy (non-hydrogen) atoms. The fourth-order valence-electron chi connectivity index (χ4n) is 1.74. The van der Waals surface area contributed by atoms with Crippen LogP contribution in [0, 0.1) is 0 Å². The molecule has 0 saturated heterocycles. The Morgan fingerprint density at radius 2 is 2.13 bits per heavy atom. The van der Waals surface area contributed by atoms with Gasteiger partial charge in [-0.15, -0.1) is 10.2 Å². The molecule has 2 aromatic rings. The summed E-state index contributed by atoms with van der Waals surface area (Å²) in [7, 11) is 1.61. The lowest BCUT2D eigenvalue weighted by Crippen LogP contribution is -2.19. The van der Waals surface area contributed by atoms with Crippen molar-refractivity contribution in [3.8, 4) is 5.75 Å². The van der Waals surface area contributed by atoms with Gasteiger partial charge in [-0.1, -0.05) is 23.9 Å². The van der Waals surface area contributed by atoms with E-state index in [0.717, 1.165) is 10.7 Å². The molecule has 1 aromatic carbocycles. The van der Waals surface area contributed by atoms with E-state index in [1.54, 1.807) is 25.6 Å². The highest BCUT2D eigenvalue weighted by Crippen LogP contribution is 2.24. The predicted molar refractivity (Wildman–Crippen MR) is 79.5 cm³/mol. The maximum absolute atomic E-state index is 12.2. The summed E-state index contributed by atoms with van der Waals surface area (Å²) in [5.41, 5.74) is 0.843. The summed E-state index contributed by atoms with van der Waals surface area (Å²) in [4.78, 5) is 0. The third-order valence-electron chi connectivity index (χ3n) is 2.79. The van der Waals surface area contributed by atoms with E-state index in [4.69, 9.17) is 9.47 Å². The summed E-state index contributed by atoms with van der Waals surface area (Å²) >= 11 is 1.45.